The molecule has 7 rings (SSSR count). The second kappa shape index (κ2) is 7.06. The third-order valence-electron chi connectivity index (χ3n) is 8.23. The molecule has 0 amide bonds. The summed E-state index contributed by atoms with van der Waals surface area (Å²) in [5, 5.41) is 2.36. The average molecular weight is 491 g/mol. The lowest BCUT2D eigenvalue weighted by Crippen LogP contribution is -2.32. The molecule has 1 saturated heterocycles. The maximum absolute atomic E-state index is 6.55. The molecule has 8 nitrogen and oxygen atoms in total. The number of hydrogen-bond acceptors (Lipinski definition) is 7. The van der Waals surface area contributed by atoms with Crippen molar-refractivity contribution in [1.82, 2.24) is 19.5 Å². The van der Waals surface area contributed by atoms with Crippen LogP contribution in [0.15, 0.2) is 42.9 Å². The second-order valence-corrected chi connectivity index (χ2v) is 11.1. The first-order chi connectivity index (χ1) is 16.8. The van der Waals surface area contributed by atoms with Crippen LogP contribution >= 0.6 is 11.6 Å². The van der Waals surface area contributed by atoms with Crippen LogP contribution in [0.5, 0.6) is 0 Å². The zero-order chi connectivity index (χ0) is 24.1. The summed E-state index contributed by atoms with van der Waals surface area (Å²) in [5.74, 6) is 0.699. The maximum Gasteiger partial charge on any atom is 0.163 e. The summed E-state index contributed by atoms with van der Waals surface area (Å²) in [6.45, 7) is 4.01. The number of pyridine rings is 1. The highest BCUT2D eigenvalue weighted by atomic mass is 35.5. The standard InChI is InChI=1S/C26H27ClN6O2/c1-25(2)34-20-19(33-8-6-15-22(28)30-12-31-24(15)33)16-11-26(16,21(20)35-25)7-5-13-3-4-14-10-17(27)23(29)32-18(14)9-13/h3-4,6,8-10,12,16,19-21H,5,7,11H2,1-2H3,(H2,29,32)(H2,28,30,31)/t16-,19-,20+,21+,26-/m1/s1. The molecule has 0 radical (unpaired) electrons. The molecular weight excluding hydrogens is 464 g/mol. The molecule has 1 aliphatic heterocycles. The van der Waals surface area contributed by atoms with Gasteiger partial charge in [0, 0.05) is 17.0 Å². The van der Waals surface area contributed by atoms with Gasteiger partial charge in [0.1, 0.15) is 29.7 Å². The van der Waals surface area contributed by atoms with Crippen molar-refractivity contribution in [3.63, 3.8) is 0 Å². The van der Waals surface area contributed by atoms with Crippen LogP contribution in [0.1, 0.15) is 38.3 Å². The minimum atomic E-state index is -0.616. The topological polar surface area (TPSA) is 114 Å². The van der Waals surface area contributed by atoms with Crippen LogP contribution < -0.4 is 11.5 Å². The van der Waals surface area contributed by atoms with Gasteiger partial charge >= 0.3 is 0 Å². The number of nitrogens with zero attached hydrogens (tertiary/aromatic N) is 4. The highest BCUT2D eigenvalue weighted by Crippen LogP contribution is 2.73. The number of aromatic nitrogens is 4. The Kier molecular flexibility index (Phi) is 4.31. The summed E-state index contributed by atoms with van der Waals surface area (Å²) < 4.78 is 15.3. The second-order valence-electron chi connectivity index (χ2n) is 10.7. The van der Waals surface area contributed by atoms with Gasteiger partial charge < -0.3 is 25.5 Å². The van der Waals surface area contributed by atoms with Gasteiger partial charge in [0.15, 0.2) is 5.79 Å². The predicted octanol–water partition coefficient (Wildman–Crippen LogP) is 4.51. The molecule has 2 saturated carbocycles. The van der Waals surface area contributed by atoms with Crippen LogP contribution in [0, 0.1) is 11.3 Å². The van der Waals surface area contributed by atoms with Crippen molar-refractivity contribution in [2.45, 2.75) is 57.1 Å². The Balaban J connectivity index is 1.21. The molecule has 9 heteroatoms. The van der Waals surface area contributed by atoms with E-state index in [9.17, 15) is 0 Å². The fourth-order valence-electron chi connectivity index (χ4n) is 6.60. The summed E-state index contributed by atoms with van der Waals surface area (Å²) in [5.41, 5.74) is 15.1. The molecule has 3 aliphatic rings. The number of ether oxygens (including phenoxy) is 2. The third kappa shape index (κ3) is 3.09. The number of hydrogen-bond donors (Lipinski definition) is 2. The zero-order valence-corrected chi connectivity index (χ0v) is 20.4. The number of halogens is 1. The lowest BCUT2D eigenvalue weighted by Gasteiger charge is -2.24. The van der Waals surface area contributed by atoms with E-state index >= 15 is 0 Å². The smallest absolute Gasteiger partial charge is 0.163 e. The Morgan fingerprint density at radius 1 is 1.11 bits per heavy atom. The summed E-state index contributed by atoms with van der Waals surface area (Å²) in [7, 11) is 0. The first-order valence-electron chi connectivity index (χ1n) is 12.0. The van der Waals surface area contributed by atoms with E-state index < -0.39 is 5.79 Å². The Bertz CT molecular complexity index is 1500. The van der Waals surface area contributed by atoms with Crippen molar-refractivity contribution < 1.29 is 9.47 Å². The molecule has 4 heterocycles. The molecule has 3 fully saturated rings. The van der Waals surface area contributed by atoms with Gasteiger partial charge in [-0.3, -0.25) is 0 Å². The van der Waals surface area contributed by atoms with E-state index in [0.717, 1.165) is 41.2 Å². The quantitative estimate of drug-likeness (QED) is 0.432. The molecule has 180 valence electrons. The van der Waals surface area contributed by atoms with E-state index in [1.165, 1.54) is 11.9 Å². The number of nitrogen functional groups attached to an aromatic ring is 2. The van der Waals surface area contributed by atoms with Crippen molar-refractivity contribution >= 4 is 45.2 Å². The Labute approximate surface area is 207 Å². The Morgan fingerprint density at radius 3 is 2.83 bits per heavy atom. The fraction of sp³-hybridized carbons (Fsp3) is 0.423. The summed E-state index contributed by atoms with van der Waals surface area (Å²) in [6.07, 6.45) is 6.66. The molecule has 4 N–H and O–H groups in total. The summed E-state index contributed by atoms with van der Waals surface area (Å²) >= 11 is 6.14. The number of benzene rings is 1. The minimum absolute atomic E-state index is 0.0317. The molecular formula is C26H27ClN6O2. The molecule has 35 heavy (non-hydrogen) atoms. The molecule has 0 bridgehead atoms. The number of fused-ring (bicyclic) bond motifs is 5. The molecule has 0 unspecified atom stereocenters. The molecule has 5 atom stereocenters. The van der Waals surface area contributed by atoms with Gasteiger partial charge in [0.2, 0.25) is 0 Å². The molecule has 4 aromatic rings. The highest BCUT2D eigenvalue weighted by Gasteiger charge is 2.75. The van der Waals surface area contributed by atoms with Crippen LogP contribution in [0.25, 0.3) is 21.9 Å². The van der Waals surface area contributed by atoms with Crippen molar-refractivity contribution in [2.75, 3.05) is 11.5 Å². The van der Waals surface area contributed by atoms with Gasteiger partial charge in [0.05, 0.1) is 28.1 Å². The average Bonchev–Trinajstić information content (AvgIpc) is 3.07. The molecule has 0 spiro atoms. The zero-order valence-electron chi connectivity index (χ0n) is 19.6. The van der Waals surface area contributed by atoms with Crippen LogP contribution in [0.2, 0.25) is 5.02 Å². The van der Waals surface area contributed by atoms with Crippen LogP contribution in [-0.2, 0) is 15.9 Å². The van der Waals surface area contributed by atoms with Crippen molar-refractivity contribution in [2.24, 2.45) is 11.3 Å². The van der Waals surface area contributed by atoms with E-state index in [1.54, 1.807) is 0 Å². The molecule has 2 aliphatic carbocycles. The third-order valence-corrected chi connectivity index (χ3v) is 8.53. The minimum Gasteiger partial charge on any atom is -0.383 e. The predicted molar refractivity (Wildman–Crippen MR) is 135 cm³/mol. The Morgan fingerprint density at radius 2 is 1.97 bits per heavy atom. The monoisotopic (exact) mass is 490 g/mol. The van der Waals surface area contributed by atoms with E-state index in [2.05, 4.69) is 43.9 Å². The number of rotatable bonds is 4. The van der Waals surface area contributed by atoms with E-state index in [1.807, 2.05) is 26.0 Å². The van der Waals surface area contributed by atoms with Crippen LogP contribution in [0.3, 0.4) is 0 Å². The summed E-state index contributed by atoms with van der Waals surface area (Å²) in [4.78, 5) is 13.2. The van der Waals surface area contributed by atoms with E-state index in [0.29, 0.717) is 22.6 Å². The first kappa shape index (κ1) is 21.4. The molecule has 3 aromatic heterocycles. The van der Waals surface area contributed by atoms with Crippen molar-refractivity contribution in [1.29, 1.82) is 0 Å². The number of aryl methyl sites for hydroxylation is 1. The van der Waals surface area contributed by atoms with Crippen molar-refractivity contribution in [3.8, 4) is 0 Å². The normalized spacial score (nSPS) is 30.6. The maximum atomic E-state index is 6.55. The van der Waals surface area contributed by atoms with Gasteiger partial charge in [-0.05, 0) is 62.8 Å². The largest absolute Gasteiger partial charge is 0.383 e. The van der Waals surface area contributed by atoms with Gasteiger partial charge in [-0.2, -0.15) is 0 Å². The summed E-state index contributed by atoms with van der Waals surface area (Å²) in [6, 6.07) is 10.4. The lowest BCUT2D eigenvalue weighted by atomic mass is 9.91. The van der Waals surface area contributed by atoms with Gasteiger partial charge in [-0.15, -0.1) is 0 Å². The SMILES string of the molecule is CC1(C)O[C@H]2[C@H](n3ccc4c(N)ncnc43)[C@H]3C[C@@]3(CCc3ccc4cc(Cl)c(N)nc4c3)[C@H]2O1. The van der Waals surface area contributed by atoms with Gasteiger partial charge in [0.25, 0.3) is 0 Å². The van der Waals surface area contributed by atoms with Crippen molar-refractivity contribution in [3.05, 3.63) is 53.4 Å². The van der Waals surface area contributed by atoms with Gasteiger partial charge in [-0.25, -0.2) is 15.0 Å². The van der Waals surface area contributed by atoms with E-state index in [-0.39, 0.29) is 23.7 Å². The fourth-order valence-corrected chi connectivity index (χ4v) is 6.76. The van der Waals surface area contributed by atoms with Gasteiger partial charge in [-0.1, -0.05) is 23.7 Å². The number of nitrogens with two attached hydrogens (primary N) is 2. The lowest BCUT2D eigenvalue weighted by molar-refractivity contribution is -0.161. The van der Waals surface area contributed by atoms with Crippen LogP contribution in [-0.4, -0.2) is 37.5 Å². The van der Waals surface area contributed by atoms with E-state index in [4.69, 9.17) is 32.5 Å². The highest BCUT2D eigenvalue weighted by molar-refractivity contribution is 6.33. The van der Waals surface area contributed by atoms with Crippen LogP contribution in [0.4, 0.5) is 11.6 Å². The Hall–Kier alpha value is -2.94. The molecule has 1 aromatic carbocycles. The first-order valence-corrected chi connectivity index (χ1v) is 12.4. The number of anilines is 2.